The van der Waals surface area contributed by atoms with Crippen LogP contribution >= 0.6 is 0 Å². The Hall–Kier alpha value is -1.90. The Morgan fingerprint density at radius 2 is 1.69 bits per heavy atom. The number of hydrogen-bond donors (Lipinski definition) is 0. The zero-order valence-electron chi connectivity index (χ0n) is 9.57. The van der Waals surface area contributed by atoms with E-state index >= 15 is 0 Å². The molecule has 1 heterocycles. The molecular formula is C13H13NO2. The summed E-state index contributed by atoms with van der Waals surface area (Å²) in [7, 11) is 0. The third-order valence-corrected chi connectivity index (χ3v) is 2.60. The first kappa shape index (κ1) is 10.6. The molecule has 0 bridgehead atoms. The van der Waals surface area contributed by atoms with E-state index in [1.165, 1.54) is 0 Å². The van der Waals surface area contributed by atoms with Gasteiger partial charge in [0, 0.05) is 5.56 Å². The normalized spacial score (nSPS) is 10.4. The molecule has 0 saturated heterocycles. The highest BCUT2D eigenvalue weighted by atomic mass is 16.3. The lowest BCUT2D eigenvalue weighted by Gasteiger charge is -2.03. The standard InChI is InChI=1S/C13H13NO2/c1-8-4-6-11(7-5-8)13-14-12(15)9(2)10(3)16-13/h4-7H,1-3H3. The van der Waals surface area contributed by atoms with E-state index in [0.29, 0.717) is 17.2 Å². The van der Waals surface area contributed by atoms with Gasteiger partial charge < -0.3 is 4.42 Å². The molecule has 0 aliphatic heterocycles. The van der Waals surface area contributed by atoms with Gasteiger partial charge in [-0.05, 0) is 32.9 Å². The molecule has 0 atom stereocenters. The van der Waals surface area contributed by atoms with Crippen LogP contribution in [0.15, 0.2) is 33.5 Å². The summed E-state index contributed by atoms with van der Waals surface area (Å²) in [4.78, 5) is 15.4. The number of rotatable bonds is 1. The van der Waals surface area contributed by atoms with Gasteiger partial charge in [-0.1, -0.05) is 17.7 Å². The van der Waals surface area contributed by atoms with Crippen LogP contribution in [0.3, 0.4) is 0 Å². The van der Waals surface area contributed by atoms with E-state index in [9.17, 15) is 4.79 Å². The van der Waals surface area contributed by atoms with Gasteiger partial charge in [0.2, 0.25) is 5.89 Å². The van der Waals surface area contributed by atoms with Crippen LogP contribution in [0.25, 0.3) is 11.5 Å². The first-order chi connectivity index (χ1) is 7.58. The topological polar surface area (TPSA) is 43.1 Å². The van der Waals surface area contributed by atoms with Gasteiger partial charge in [-0.2, -0.15) is 4.98 Å². The summed E-state index contributed by atoms with van der Waals surface area (Å²) in [5.41, 5.74) is 2.33. The SMILES string of the molecule is Cc1ccc(-c2nc(=O)c(C)c(C)o2)cc1. The van der Waals surface area contributed by atoms with E-state index in [1.807, 2.05) is 31.2 Å². The van der Waals surface area contributed by atoms with Crippen molar-refractivity contribution in [2.75, 3.05) is 0 Å². The van der Waals surface area contributed by atoms with E-state index in [4.69, 9.17) is 4.42 Å². The molecule has 0 N–H and O–H groups in total. The molecule has 1 aromatic heterocycles. The second kappa shape index (κ2) is 3.93. The third kappa shape index (κ3) is 1.89. The maximum absolute atomic E-state index is 11.5. The average Bonchev–Trinajstić information content (AvgIpc) is 2.26. The number of benzene rings is 1. The Balaban J connectivity index is 2.57. The molecule has 16 heavy (non-hydrogen) atoms. The summed E-state index contributed by atoms with van der Waals surface area (Å²) in [6.07, 6.45) is 0. The van der Waals surface area contributed by atoms with Crippen molar-refractivity contribution in [1.82, 2.24) is 4.98 Å². The summed E-state index contributed by atoms with van der Waals surface area (Å²) in [6.45, 7) is 5.50. The van der Waals surface area contributed by atoms with Gasteiger partial charge in [-0.15, -0.1) is 0 Å². The second-order valence-electron chi connectivity index (χ2n) is 3.87. The summed E-state index contributed by atoms with van der Waals surface area (Å²) >= 11 is 0. The third-order valence-electron chi connectivity index (χ3n) is 2.60. The molecule has 3 heteroatoms. The molecule has 0 unspecified atom stereocenters. The minimum atomic E-state index is -0.223. The number of aromatic nitrogens is 1. The average molecular weight is 215 g/mol. The maximum Gasteiger partial charge on any atom is 0.279 e. The van der Waals surface area contributed by atoms with Gasteiger partial charge in [0.1, 0.15) is 5.76 Å². The van der Waals surface area contributed by atoms with Crippen LogP contribution in [0.4, 0.5) is 0 Å². The highest BCUT2D eigenvalue weighted by Gasteiger charge is 2.07. The molecule has 3 nitrogen and oxygen atoms in total. The van der Waals surface area contributed by atoms with Crippen molar-refractivity contribution in [2.45, 2.75) is 20.8 Å². The van der Waals surface area contributed by atoms with Crippen LogP contribution in [-0.2, 0) is 0 Å². The lowest BCUT2D eigenvalue weighted by molar-refractivity contribution is 0.503. The molecule has 2 aromatic rings. The van der Waals surface area contributed by atoms with E-state index in [2.05, 4.69) is 4.98 Å². The predicted molar refractivity (Wildman–Crippen MR) is 62.4 cm³/mol. The van der Waals surface area contributed by atoms with E-state index in [0.717, 1.165) is 11.1 Å². The largest absolute Gasteiger partial charge is 0.442 e. The van der Waals surface area contributed by atoms with Crippen molar-refractivity contribution in [2.24, 2.45) is 0 Å². The summed E-state index contributed by atoms with van der Waals surface area (Å²) in [6, 6.07) is 7.73. The molecule has 0 amide bonds. The van der Waals surface area contributed by atoms with Gasteiger partial charge in [-0.25, -0.2) is 0 Å². The fourth-order valence-corrected chi connectivity index (χ4v) is 1.39. The van der Waals surface area contributed by atoms with Gasteiger partial charge in [0.05, 0.1) is 5.56 Å². The fraction of sp³-hybridized carbons (Fsp3) is 0.231. The van der Waals surface area contributed by atoms with Crippen LogP contribution in [0.2, 0.25) is 0 Å². The van der Waals surface area contributed by atoms with Gasteiger partial charge >= 0.3 is 0 Å². The maximum atomic E-state index is 11.5. The van der Waals surface area contributed by atoms with E-state index < -0.39 is 0 Å². The predicted octanol–water partition coefficient (Wildman–Crippen LogP) is 2.63. The van der Waals surface area contributed by atoms with Gasteiger partial charge in [-0.3, -0.25) is 4.79 Å². The van der Waals surface area contributed by atoms with Gasteiger partial charge in [0.15, 0.2) is 0 Å². The molecular weight excluding hydrogens is 202 g/mol. The molecule has 2 rings (SSSR count). The van der Waals surface area contributed by atoms with Crippen molar-refractivity contribution >= 4 is 0 Å². The lowest BCUT2D eigenvalue weighted by Crippen LogP contribution is -2.11. The molecule has 82 valence electrons. The molecule has 0 saturated carbocycles. The number of hydrogen-bond acceptors (Lipinski definition) is 3. The highest BCUT2D eigenvalue weighted by molar-refractivity contribution is 5.53. The first-order valence-corrected chi connectivity index (χ1v) is 5.13. The van der Waals surface area contributed by atoms with Crippen molar-refractivity contribution in [3.63, 3.8) is 0 Å². The van der Waals surface area contributed by atoms with Crippen LogP contribution in [0.5, 0.6) is 0 Å². The van der Waals surface area contributed by atoms with Crippen molar-refractivity contribution in [3.8, 4) is 11.5 Å². The monoisotopic (exact) mass is 215 g/mol. The van der Waals surface area contributed by atoms with Gasteiger partial charge in [0.25, 0.3) is 5.56 Å². The van der Waals surface area contributed by atoms with E-state index in [-0.39, 0.29) is 5.56 Å². The lowest BCUT2D eigenvalue weighted by atomic mass is 10.1. The second-order valence-corrected chi connectivity index (χ2v) is 3.87. The zero-order valence-corrected chi connectivity index (χ0v) is 9.57. The minimum Gasteiger partial charge on any atom is -0.442 e. The number of aryl methyl sites for hydroxylation is 2. The Bertz CT molecular complexity index is 567. The smallest absolute Gasteiger partial charge is 0.279 e. The quantitative estimate of drug-likeness (QED) is 0.734. The Morgan fingerprint density at radius 1 is 1.06 bits per heavy atom. The molecule has 0 aliphatic rings. The Labute approximate surface area is 93.8 Å². The van der Waals surface area contributed by atoms with Crippen LogP contribution < -0.4 is 5.56 Å². The first-order valence-electron chi connectivity index (χ1n) is 5.13. The summed E-state index contributed by atoms with van der Waals surface area (Å²) in [5, 5.41) is 0. The fourth-order valence-electron chi connectivity index (χ4n) is 1.39. The van der Waals surface area contributed by atoms with Crippen molar-refractivity contribution in [1.29, 1.82) is 0 Å². The summed E-state index contributed by atoms with van der Waals surface area (Å²) < 4.78 is 5.50. The zero-order chi connectivity index (χ0) is 11.7. The van der Waals surface area contributed by atoms with E-state index in [1.54, 1.807) is 13.8 Å². The van der Waals surface area contributed by atoms with Crippen LogP contribution in [-0.4, -0.2) is 4.98 Å². The summed E-state index contributed by atoms with van der Waals surface area (Å²) in [5.74, 6) is 1.00. The van der Waals surface area contributed by atoms with Crippen LogP contribution in [0.1, 0.15) is 16.9 Å². The molecule has 0 fully saturated rings. The molecule has 0 radical (unpaired) electrons. The molecule has 1 aromatic carbocycles. The molecule has 0 aliphatic carbocycles. The minimum absolute atomic E-state index is 0.223. The van der Waals surface area contributed by atoms with Crippen LogP contribution in [0, 0.1) is 20.8 Å². The number of nitrogens with zero attached hydrogens (tertiary/aromatic N) is 1. The van der Waals surface area contributed by atoms with Crippen molar-refractivity contribution in [3.05, 3.63) is 51.5 Å². The Morgan fingerprint density at radius 3 is 2.25 bits per heavy atom. The van der Waals surface area contributed by atoms with Crippen molar-refractivity contribution < 1.29 is 4.42 Å². The highest BCUT2D eigenvalue weighted by Crippen LogP contribution is 2.17. The molecule has 0 spiro atoms. The Kier molecular flexibility index (Phi) is 2.60.